The number of carbonyl (C=O) groups is 1. The molecule has 0 aromatic carbocycles. The number of likely N-dealkylation sites (tertiary alicyclic amines) is 1. The average molecular weight is 361 g/mol. The Morgan fingerprint density at radius 3 is 2.72 bits per heavy atom. The summed E-state index contributed by atoms with van der Waals surface area (Å²) in [6, 6.07) is 4.32. The van der Waals surface area contributed by atoms with Crippen LogP contribution in [0.15, 0.2) is 29.9 Å². The van der Waals surface area contributed by atoms with E-state index in [1.165, 1.54) is 4.88 Å². The maximum absolute atomic E-state index is 12.3. The van der Waals surface area contributed by atoms with Crippen LogP contribution in [0.3, 0.4) is 0 Å². The topological polar surface area (TPSA) is 50.2 Å². The van der Waals surface area contributed by atoms with Gasteiger partial charge < -0.3 is 5.32 Å². The Kier molecular flexibility index (Phi) is 5.59. The van der Waals surface area contributed by atoms with Crippen LogP contribution in [0.5, 0.6) is 0 Å². The number of aromatic nitrogens is 2. The van der Waals surface area contributed by atoms with Crippen LogP contribution >= 0.6 is 11.3 Å². The maximum atomic E-state index is 12.3. The minimum Gasteiger partial charge on any atom is -0.352 e. The fourth-order valence-corrected chi connectivity index (χ4v) is 3.86. The second-order valence-corrected chi connectivity index (χ2v) is 8.89. The Bertz CT molecular complexity index is 679. The summed E-state index contributed by atoms with van der Waals surface area (Å²) < 4.78 is 1.84. The Morgan fingerprint density at radius 1 is 1.36 bits per heavy atom. The molecule has 3 heterocycles. The number of nitrogens with zero attached hydrogens (tertiary/aromatic N) is 3. The average Bonchev–Trinajstić information content (AvgIpc) is 3.25. The molecule has 0 saturated carbocycles. The van der Waals surface area contributed by atoms with Crippen LogP contribution in [-0.2, 0) is 12.1 Å². The van der Waals surface area contributed by atoms with Gasteiger partial charge in [0.1, 0.15) is 0 Å². The number of piperidine rings is 1. The second kappa shape index (κ2) is 7.70. The van der Waals surface area contributed by atoms with Gasteiger partial charge in [-0.15, -0.1) is 11.3 Å². The molecule has 0 unspecified atom stereocenters. The van der Waals surface area contributed by atoms with Crippen molar-refractivity contribution in [2.45, 2.75) is 45.7 Å². The van der Waals surface area contributed by atoms with Gasteiger partial charge in [0.2, 0.25) is 0 Å². The van der Waals surface area contributed by atoms with Gasteiger partial charge in [-0.05, 0) is 64.1 Å². The third-order valence-corrected chi connectivity index (χ3v) is 5.61. The summed E-state index contributed by atoms with van der Waals surface area (Å²) in [5.41, 5.74) is 0.540. The molecule has 1 aliphatic heterocycles. The van der Waals surface area contributed by atoms with Gasteiger partial charge in [-0.1, -0.05) is 6.07 Å². The lowest BCUT2D eigenvalue weighted by molar-refractivity contribution is 0.0935. The normalized spacial score (nSPS) is 16.9. The number of thiophene rings is 1. The molecule has 136 valence electrons. The van der Waals surface area contributed by atoms with Crippen molar-refractivity contribution in [1.82, 2.24) is 20.0 Å². The van der Waals surface area contributed by atoms with E-state index in [1.807, 2.05) is 22.2 Å². The molecule has 1 aliphatic rings. The van der Waals surface area contributed by atoms with Gasteiger partial charge in [-0.25, -0.2) is 0 Å². The Labute approximate surface area is 154 Å². The minimum atomic E-state index is -0.103. The summed E-state index contributed by atoms with van der Waals surface area (Å²) >= 11 is 1.83. The summed E-state index contributed by atoms with van der Waals surface area (Å²) in [7, 11) is 0. The third kappa shape index (κ3) is 4.92. The molecule has 2 aromatic rings. The van der Waals surface area contributed by atoms with Gasteiger partial charge in [0.05, 0.1) is 17.3 Å². The molecular formula is C19H28N4OS. The lowest BCUT2D eigenvalue weighted by atomic mass is 9.96. The van der Waals surface area contributed by atoms with Gasteiger partial charge in [-0.2, -0.15) is 5.10 Å². The van der Waals surface area contributed by atoms with E-state index in [-0.39, 0.29) is 11.4 Å². The number of hydrogen-bond donors (Lipinski definition) is 1. The van der Waals surface area contributed by atoms with Gasteiger partial charge in [-0.3, -0.25) is 14.4 Å². The summed E-state index contributed by atoms with van der Waals surface area (Å²) in [5.74, 6) is 0.553. The molecule has 2 aromatic heterocycles. The first-order chi connectivity index (χ1) is 11.9. The Balaban J connectivity index is 1.42. The van der Waals surface area contributed by atoms with Gasteiger partial charge in [0, 0.05) is 24.2 Å². The van der Waals surface area contributed by atoms with E-state index in [0.717, 1.165) is 39.0 Å². The van der Waals surface area contributed by atoms with E-state index in [1.54, 1.807) is 6.20 Å². The smallest absolute Gasteiger partial charge is 0.254 e. The predicted molar refractivity (Wildman–Crippen MR) is 102 cm³/mol. The zero-order chi connectivity index (χ0) is 17.9. The highest BCUT2D eigenvalue weighted by molar-refractivity contribution is 7.09. The van der Waals surface area contributed by atoms with Crippen molar-refractivity contribution >= 4 is 17.2 Å². The number of nitrogens with one attached hydrogen (secondary N) is 1. The first kappa shape index (κ1) is 18.1. The monoisotopic (exact) mass is 360 g/mol. The quantitative estimate of drug-likeness (QED) is 0.890. The van der Waals surface area contributed by atoms with Gasteiger partial charge in [0.25, 0.3) is 5.91 Å². The van der Waals surface area contributed by atoms with Crippen LogP contribution in [0.25, 0.3) is 0 Å². The lowest BCUT2D eigenvalue weighted by Gasteiger charge is -2.31. The van der Waals surface area contributed by atoms with Gasteiger partial charge in [0.15, 0.2) is 0 Å². The standard InChI is InChI=1S/C19H28N4OS/c1-19(2,3)23-13-16(12-21-23)18(24)20-11-15-6-8-22(9-7-15)14-17-5-4-10-25-17/h4-5,10,12-13,15H,6-9,11,14H2,1-3H3,(H,20,24). The summed E-state index contributed by atoms with van der Waals surface area (Å²) in [4.78, 5) is 16.3. The molecule has 0 spiro atoms. The molecule has 0 bridgehead atoms. The molecule has 1 N–H and O–H groups in total. The zero-order valence-electron chi connectivity index (χ0n) is 15.4. The SMILES string of the molecule is CC(C)(C)n1cc(C(=O)NCC2CCN(Cc3cccs3)CC2)cn1. The van der Waals surface area contributed by atoms with E-state index >= 15 is 0 Å². The summed E-state index contributed by atoms with van der Waals surface area (Å²) in [5, 5.41) is 9.52. The van der Waals surface area contributed by atoms with Crippen LogP contribution in [0, 0.1) is 5.92 Å². The number of amides is 1. The fourth-order valence-electron chi connectivity index (χ4n) is 3.12. The van der Waals surface area contributed by atoms with Crippen molar-refractivity contribution in [3.05, 3.63) is 40.3 Å². The summed E-state index contributed by atoms with van der Waals surface area (Å²) in [6.45, 7) is 10.3. The first-order valence-electron chi connectivity index (χ1n) is 9.00. The number of rotatable bonds is 5. The Hall–Kier alpha value is -1.66. The fraction of sp³-hybridized carbons (Fsp3) is 0.579. The molecule has 25 heavy (non-hydrogen) atoms. The van der Waals surface area contributed by atoms with Gasteiger partial charge >= 0.3 is 0 Å². The second-order valence-electron chi connectivity index (χ2n) is 7.85. The van der Waals surface area contributed by atoms with Crippen molar-refractivity contribution in [2.75, 3.05) is 19.6 Å². The van der Waals surface area contributed by atoms with E-state index in [4.69, 9.17) is 0 Å². The highest BCUT2D eigenvalue weighted by Gasteiger charge is 2.21. The molecule has 1 fully saturated rings. The molecule has 0 radical (unpaired) electrons. The minimum absolute atomic E-state index is 0.0171. The molecule has 3 rings (SSSR count). The van der Waals surface area contributed by atoms with E-state index in [9.17, 15) is 4.79 Å². The third-order valence-electron chi connectivity index (χ3n) is 4.75. The predicted octanol–water partition coefficient (Wildman–Crippen LogP) is 3.34. The van der Waals surface area contributed by atoms with Crippen molar-refractivity contribution < 1.29 is 4.79 Å². The molecule has 0 atom stereocenters. The van der Waals surface area contributed by atoms with E-state index in [0.29, 0.717) is 11.5 Å². The molecule has 5 nitrogen and oxygen atoms in total. The maximum Gasteiger partial charge on any atom is 0.254 e. The molecular weight excluding hydrogens is 332 g/mol. The van der Waals surface area contributed by atoms with Crippen LogP contribution in [0.4, 0.5) is 0 Å². The van der Waals surface area contributed by atoms with E-state index in [2.05, 4.69) is 53.6 Å². The van der Waals surface area contributed by atoms with E-state index < -0.39 is 0 Å². The lowest BCUT2D eigenvalue weighted by Crippen LogP contribution is -2.38. The summed E-state index contributed by atoms with van der Waals surface area (Å²) in [6.07, 6.45) is 5.78. The largest absolute Gasteiger partial charge is 0.352 e. The van der Waals surface area contributed by atoms with Crippen LogP contribution in [-0.4, -0.2) is 40.2 Å². The Morgan fingerprint density at radius 2 is 2.12 bits per heavy atom. The van der Waals surface area contributed by atoms with Crippen LogP contribution in [0.2, 0.25) is 0 Å². The molecule has 0 aliphatic carbocycles. The van der Waals surface area contributed by atoms with Crippen molar-refractivity contribution in [2.24, 2.45) is 5.92 Å². The van der Waals surface area contributed by atoms with Crippen molar-refractivity contribution in [1.29, 1.82) is 0 Å². The van der Waals surface area contributed by atoms with Crippen LogP contribution < -0.4 is 5.32 Å². The zero-order valence-corrected chi connectivity index (χ0v) is 16.2. The van der Waals surface area contributed by atoms with Crippen molar-refractivity contribution in [3.8, 4) is 0 Å². The molecule has 1 amide bonds. The molecule has 1 saturated heterocycles. The van der Waals surface area contributed by atoms with Crippen molar-refractivity contribution in [3.63, 3.8) is 0 Å². The number of carbonyl (C=O) groups excluding carboxylic acids is 1. The molecule has 6 heteroatoms. The highest BCUT2D eigenvalue weighted by atomic mass is 32.1. The van der Waals surface area contributed by atoms with Crippen LogP contribution in [0.1, 0.15) is 48.8 Å². The first-order valence-corrected chi connectivity index (χ1v) is 9.88. The number of hydrogen-bond acceptors (Lipinski definition) is 4. The highest BCUT2D eigenvalue weighted by Crippen LogP contribution is 2.20.